The van der Waals surface area contributed by atoms with Crippen molar-refractivity contribution in [3.63, 3.8) is 0 Å². The number of hydrogen-bond acceptors (Lipinski definition) is 3. The Balaban J connectivity index is 2.37. The van der Waals surface area contributed by atoms with E-state index in [2.05, 4.69) is 39.8 Å². The van der Waals surface area contributed by atoms with Crippen molar-refractivity contribution < 1.29 is 8.42 Å². The van der Waals surface area contributed by atoms with E-state index >= 15 is 0 Å². The van der Waals surface area contributed by atoms with Gasteiger partial charge in [-0.15, -0.1) is 0 Å². The molecule has 2 atom stereocenters. The Kier molecular flexibility index (Phi) is 5.83. The molecule has 4 heteroatoms. The monoisotopic (exact) mass is 345 g/mol. The highest BCUT2D eigenvalue weighted by Gasteiger charge is 2.25. The highest BCUT2D eigenvalue weighted by molar-refractivity contribution is 7.91. The van der Waals surface area contributed by atoms with Crippen molar-refractivity contribution in [2.45, 2.75) is 36.6 Å². The van der Waals surface area contributed by atoms with E-state index in [4.69, 9.17) is 0 Å². The molecule has 2 aromatic rings. The van der Waals surface area contributed by atoms with E-state index in [9.17, 15) is 8.42 Å². The van der Waals surface area contributed by atoms with E-state index in [1.54, 1.807) is 36.4 Å². The molecule has 0 N–H and O–H groups in total. The van der Waals surface area contributed by atoms with Crippen LogP contribution in [0.2, 0.25) is 0 Å². The Labute approximate surface area is 146 Å². The van der Waals surface area contributed by atoms with Gasteiger partial charge in [0, 0.05) is 6.04 Å². The Morgan fingerprint density at radius 3 is 1.75 bits per heavy atom. The van der Waals surface area contributed by atoms with E-state index in [0.29, 0.717) is 21.6 Å². The van der Waals surface area contributed by atoms with Gasteiger partial charge in [-0.1, -0.05) is 51.1 Å². The van der Waals surface area contributed by atoms with Gasteiger partial charge in [0.2, 0.25) is 9.84 Å². The smallest absolute Gasteiger partial charge is 0.206 e. The fourth-order valence-corrected chi connectivity index (χ4v) is 4.30. The third-order valence-electron chi connectivity index (χ3n) is 4.69. The van der Waals surface area contributed by atoms with Crippen LogP contribution in [-0.2, 0) is 9.84 Å². The van der Waals surface area contributed by atoms with Crippen molar-refractivity contribution in [2.75, 3.05) is 14.1 Å². The molecule has 2 rings (SSSR count). The van der Waals surface area contributed by atoms with Gasteiger partial charge in [-0.05, 0) is 55.8 Å². The van der Waals surface area contributed by atoms with Crippen LogP contribution in [0.4, 0.5) is 0 Å². The molecule has 0 fully saturated rings. The van der Waals surface area contributed by atoms with Crippen LogP contribution in [0.1, 0.15) is 32.4 Å². The average Bonchev–Trinajstić information content (AvgIpc) is 2.56. The lowest BCUT2D eigenvalue weighted by atomic mass is 9.85. The molecular formula is C20H27NO2S. The first-order valence-corrected chi connectivity index (χ1v) is 9.80. The van der Waals surface area contributed by atoms with Crippen LogP contribution in [0, 0.1) is 11.8 Å². The van der Waals surface area contributed by atoms with E-state index in [1.165, 1.54) is 0 Å². The molecule has 130 valence electrons. The summed E-state index contributed by atoms with van der Waals surface area (Å²) in [7, 11) is 0.683. The fourth-order valence-electron chi connectivity index (χ4n) is 3.02. The molecular weight excluding hydrogens is 318 g/mol. The molecule has 0 aromatic heterocycles. The van der Waals surface area contributed by atoms with Gasteiger partial charge in [0.25, 0.3) is 0 Å². The van der Waals surface area contributed by atoms with Crippen molar-refractivity contribution in [1.82, 2.24) is 4.90 Å². The molecule has 0 heterocycles. The van der Waals surface area contributed by atoms with Crippen LogP contribution in [0.25, 0.3) is 0 Å². The molecule has 0 aliphatic carbocycles. The quantitative estimate of drug-likeness (QED) is 0.778. The third kappa shape index (κ3) is 3.87. The summed E-state index contributed by atoms with van der Waals surface area (Å²) in [5, 5.41) is 0. The first-order valence-electron chi connectivity index (χ1n) is 8.31. The van der Waals surface area contributed by atoms with Crippen molar-refractivity contribution in [3.05, 3.63) is 60.2 Å². The highest BCUT2D eigenvalue weighted by Crippen LogP contribution is 2.32. The molecule has 0 unspecified atom stereocenters. The number of hydrogen-bond donors (Lipinski definition) is 0. The highest BCUT2D eigenvalue weighted by atomic mass is 32.2. The Hall–Kier alpha value is -1.65. The number of nitrogens with zero attached hydrogens (tertiary/aromatic N) is 1. The van der Waals surface area contributed by atoms with Crippen molar-refractivity contribution in [3.8, 4) is 0 Å². The van der Waals surface area contributed by atoms with E-state index in [1.807, 2.05) is 18.2 Å². The zero-order valence-corrected chi connectivity index (χ0v) is 15.9. The van der Waals surface area contributed by atoms with Crippen LogP contribution in [0.5, 0.6) is 0 Å². The predicted octanol–water partition coefficient (Wildman–Crippen LogP) is 4.41. The summed E-state index contributed by atoms with van der Waals surface area (Å²) in [6.45, 7) is 6.68. The third-order valence-corrected chi connectivity index (χ3v) is 6.48. The van der Waals surface area contributed by atoms with Crippen molar-refractivity contribution >= 4 is 9.84 Å². The standard InChI is InChI=1S/C20H27NO2S/c1-15(2)16(3)20(21(4)5)17-11-13-19(14-12-17)24(22,23)18-9-7-6-8-10-18/h6-16,20H,1-5H3/t16-,20-/m0/s1. The molecule has 0 bridgehead atoms. The number of benzene rings is 2. The molecule has 0 saturated heterocycles. The van der Waals surface area contributed by atoms with E-state index in [-0.39, 0.29) is 6.04 Å². The van der Waals surface area contributed by atoms with E-state index in [0.717, 1.165) is 5.56 Å². The van der Waals surface area contributed by atoms with Crippen LogP contribution in [0.15, 0.2) is 64.4 Å². The predicted molar refractivity (Wildman–Crippen MR) is 98.8 cm³/mol. The summed E-state index contributed by atoms with van der Waals surface area (Å²) >= 11 is 0. The van der Waals surface area contributed by atoms with Crippen LogP contribution in [-0.4, -0.2) is 27.4 Å². The van der Waals surface area contributed by atoms with Crippen LogP contribution < -0.4 is 0 Å². The zero-order chi connectivity index (χ0) is 17.9. The summed E-state index contributed by atoms with van der Waals surface area (Å²) in [5.41, 5.74) is 1.15. The Morgan fingerprint density at radius 2 is 1.29 bits per heavy atom. The lowest BCUT2D eigenvalue weighted by Gasteiger charge is -2.33. The van der Waals surface area contributed by atoms with Crippen LogP contribution >= 0.6 is 0 Å². The molecule has 24 heavy (non-hydrogen) atoms. The molecule has 3 nitrogen and oxygen atoms in total. The minimum Gasteiger partial charge on any atom is -0.302 e. The number of rotatable bonds is 6. The molecule has 0 aliphatic heterocycles. The van der Waals surface area contributed by atoms with E-state index < -0.39 is 9.84 Å². The number of sulfone groups is 1. The molecule has 0 spiro atoms. The van der Waals surface area contributed by atoms with Gasteiger partial charge in [0.15, 0.2) is 0 Å². The minimum atomic E-state index is -3.45. The van der Waals surface area contributed by atoms with Crippen LogP contribution in [0.3, 0.4) is 0 Å². The van der Waals surface area contributed by atoms with Gasteiger partial charge in [-0.25, -0.2) is 8.42 Å². The lowest BCUT2D eigenvalue weighted by molar-refractivity contribution is 0.184. The Morgan fingerprint density at radius 1 is 0.792 bits per heavy atom. The Bertz CT molecular complexity index is 750. The zero-order valence-electron chi connectivity index (χ0n) is 15.1. The molecule has 0 radical (unpaired) electrons. The second kappa shape index (κ2) is 7.49. The fraction of sp³-hybridized carbons (Fsp3) is 0.400. The first kappa shape index (κ1) is 18.7. The minimum absolute atomic E-state index is 0.262. The van der Waals surface area contributed by atoms with Crippen molar-refractivity contribution in [2.24, 2.45) is 11.8 Å². The van der Waals surface area contributed by atoms with Gasteiger partial charge in [-0.3, -0.25) is 0 Å². The van der Waals surface area contributed by atoms with Gasteiger partial charge in [0.1, 0.15) is 0 Å². The van der Waals surface area contributed by atoms with Gasteiger partial charge in [-0.2, -0.15) is 0 Å². The normalized spacial score (nSPS) is 14.8. The maximum atomic E-state index is 12.7. The van der Waals surface area contributed by atoms with Crippen molar-refractivity contribution in [1.29, 1.82) is 0 Å². The second-order valence-corrected chi connectivity index (χ2v) is 8.85. The summed E-state index contributed by atoms with van der Waals surface area (Å²) in [5.74, 6) is 1.02. The summed E-state index contributed by atoms with van der Waals surface area (Å²) in [4.78, 5) is 2.87. The maximum absolute atomic E-state index is 12.7. The maximum Gasteiger partial charge on any atom is 0.206 e. The molecule has 0 amide bonds. The van der Waals surface area contributed by atoms with Gasteiger partial charge >= 0.3 is 0 Å². The summed E-state index contributed by atoms with van der Waals surface area (Å²) in [6, 6.07) is 16.2. The summed E-state index contributed by atoms with van der Waals surface area (Å²) in [6.07, 6.45) is 0. The van der Waals surface area contributed by atoms with Gasteiger partial charge in [0.05, 0.1) is 9.79 Å². The SMILES string of the molecule is CC(C)[C@H](C)[C@@H](c1ccc(S(=O)(=O)c2ccccc2)cc1)N(C)C. The largest absolute Gasteiger partial charge is 0.302 e. The van der Waals surface area contributed by atoms with Gasteiger partial charge < -0.3 is 4.90 Å². The first-order chi connectivity index (χ1) is 11.2. The average molecular weight is 346 g/mol. The molecule has 2 aromatic carbocycles. The lowest BCUT2D eigenvalue weighted by Crippen LogP contribution is -2.28. The molecule has 0 aliphatic rings. The summed E-state index contributed by atoms with van der Waals surface area (Å²) < 4.78 is 25.4. The molecule has 0 saturated carbocycles. The topological polar surface area (TPSA) is 37.4 Å². The second-order valence-electron chi connectivity index (χ2n) is 6.90.